The van der Waals surface area contributed by atoms with Crippen molar-refractivity contribution in [2.45, 2.75) is 6.42 Å². The molecule has 4 aromatic rings. The van der Waals surface area contributed by atoms with Crippen molar-refractivity contribution in [2.75, 3.05) is 6.54 Å². The van der Waals surface area contributed by atoms with Crippen molar-refractivity contribution in [2.24, 2.45) is 0 Å². The Labute approximate surface area is 166 Å². The first kappa shape index (κ1) is 18.4. The number of amides is 1. The molecule has 0 unspecified atom stereocenters. The number of rotatable bonds is 6. The third-order valence-electron chi connectivity index (χ3n) is 4.30. The molecule has 1 N–H and O–H groups in total. The van der Waals surface area contributed by atoms with Gasteiger partial charge in [-0.05, 0) is 48.5 Å². The average Bonchev–Trinajstić information content (AvgIpc) is 3.21. The second-order valence-electron chi connectivity index (χ2n) is 6.24. The van der Waals surface area contributed by atoms with Gasteiger partial charge in [-0.3, -0.25) is 14.8 Å². The van der Waals surface area contributed by atoms with Gasteiger partial charge in [0.25, 0.3) is 5.91 Å². The number of benzene rings is 1. The Morgan fingerprint density at radius 1 is 1.00 bits per heavy atom. The molecule has 0 aliphatic heterocycles. The first-order valence-electron chi connectivity index (χ1n) is 9.02. The van der Waals surface area contributed by atoms with Crippen molar-refractivity contribution in [1.82, 2.24) is 30.3 Å². The zero-order chi connectivity index (χ0) is 20.1. The van der Waals surface area contributed by atoms with Gasteiger partial charge in [0.05, 0.1) is 5.69 Å². The van der Waals surface area contributed by atoms with E-state index < -0.39 is 0 Å². The third kappa shape index (κ3) is 4.16. The molecule has 4 rings (SSSR count). The predicted octanol–water partition coefficient (Wildman–Crippen LogP) is 2.84. The van der Waals surface area contributed by atoms with Crippen LogP contribution in [-0.2, 0) is 6.42 Å². The molecule has 0 bridgehead atoms. The largest absolute Gasteiger partial charge is 0.350 e. The Morgan fingerprint density at radius 2 is 1.79 bits per heavy atom. The Kier molecular flexibility index (Phi) is 5.33. The smallest absolute Gasteiger partial charge is 0.274 e. The Morgan fingerprint density at radius 3 is 2.52 bits per heavy atom. The maximum absolute atomic E-state index is 13.3. The van der Waals surface area contributed by atoms with Gasteiger partial charge in [0, 0.05) is 42.8 Å². The molecule has 3 aromatic heterocycles. The molecule has 0 spiro atoms. The summed E-state index contributed by atoms with van der Waals surface area (Å²) in [5.74, 6) is -0.701. The van der Waals surface area contributed by atoms with Crippen LogP contribution in [0.3, 0.4) is 0 Å². The minimum atomic E-state index is -0.355. The highest BCUT2D eigenvalue weighted by Crippen LogP contribution is 2.25. The van der Waals surface area contributed by atoms with Crippen LogP contribution in [0.25, 0.3) is 16.9 Å². The Bertz CT molecular complexity index is 1100. The maximum atomic E-state index is 13.3. The summed E-state index contributed by atoms with van der Waals surface area (Å²) in [6, 6.07) is 15.0. The van der Waals surface area contributed by atoms with Crippen LogP contribution in [0.4, 0.5) is 4.39 Å². The molecule has 1 aromatic carbocycles. The van der Waals surface area contributed by atoms with Crippen LogP contribution in [0.2, 0.25) is 0 Å². The summed E-state index contributed by atoms with van der Waals surface area (Å²) in [4.78, 5) is 21.1. The van der Waals surface area contributed by atoms with Crippen molar-refractivity contribution in [3.8, 4) is 16.9 Å². The van der Waals surface area contributed by atoms with E-state index in [1.165, 1.54) is 16.8 Å². The second kappa shape index (κ2) is 8.39. The molecule has 0 saturated heterocycles. The minimum absolute atomic E-state index is 0.182. The van der Waals surface area contributed by atoms with Gasteiger partial charge in [-0.2, -0.15) is 0 Å². The number of carbonyl (C=O) groups excluding carboxylic acids is 1. The third-order valence-corrected chi connectivity index (χ3v) is 4.30. The zero-order valence-electron chi connectivity index (χ0n) is 15.4. The van der Waals surface area contributed by atoms with Gasteiger partial charge in [-0.25, -0.2) is 9.07 Å². The number of aromatic nitrogens is 5. The lowest BCUT2D eigenvalue weighted by molar-refractivity contribution is 0.0949. The highest BCUT2D eigenvalue weighted by molar-refractivity contribution is 5.98. The van der Waals surface area contributed by atoms with E-state index in [-0.39, 0.29) is 17.4 Å². The fourth-order valence-electron chi connectivity index (χ4n) is 2.90. The normalized spacial score (nSPS) is 10.7. The molecule has 0 atom stereocenters. The number of nitrogens with zero attached hydrogens (tertiary/aromatic N) is 5. The van der Waals surface area contributed by atoms with Crippen molar-refractivity contribution in [1.29, 1.82) is 0 Å². The predicted molar refractivity (Wildman–Crippen MR) is 105 cm³/mol. The van der Waals surface area contributed by atoms with Crippen LogP contribution in [0.5, 0.6) is 0 Å². The summed E-state index contributed by atoms with van der Waals surface area (Å²) in [7, 11) is 0. The van der Waals surface area contributed by atoms with E-state index in [4.69, 9.17) is 0 Å². The molecular weight excluding hydrogens is 371 g/mol. The lowest BCUT2D eigenvalue weighted by Gasteiger charge is -2.09. The fraction of sp³-hybridized carbons (Fsp3) is 0.0952. The number of hydrogen-bond donors (Lipinski definition) is 1. The molecule has 0 aliphatic rings. The number of carbonyl (C=O) groups is 1. The SMILES string of the molecule is O=C(NCCc1ccccn1)c1nnn(-c2ccc(F)cc2)c1-c1ccncc1. The van der Waals surface area contributed by atoms with Crippen LogP contribution in [0.15, 0.2) is 73.2 Å². The van der Waals surface area contributed by atoms with E-state index in [1.54, 1.807) is 42.9 Å². The monoisotopic (exact) mass is 388 g/mol. The second-order valence-corrected chi connectivity index (χ2v) is 6.24. The summed E-state index contributed by atoms with van der Waals surface area (Å²) in [5.41, 5.74) is 2.90. The molecule has 8 heteroatoms. The number of halogens is 1. The van der Waals surface area contributed by atoms with Gasteiger partial charge in [0.2, 0.25) is 0 Å². The summed E-state index contributed by atoms with van der Waals surface area (Å²) >= 11 is 0. The average molecular weight is 388 g/mol. The summed E-state index contributed by atoms with van der Waals surface area (Å²) in [6.45, 7) is 0.412. The van der Waals surface area contributed by atoms with Gasteiger partial charge >= 0.3 is 0 Å². The molecule has 0 aliphatic carbocycles. The number of pyridine rings is 2. The highest BCUT2D eigenvalue weighted by Gasteiger charge is 2.22. The molecule has 0 fully saturated rings. The van der Waals surface area contributed by atoms with Gasteiger partial charge in [-0.15, -0.1) is 5.10 Å². The minimum Gasteiger partial charge on any atom is -0.350 e. The van der Waals surface area contributed by atoms with E-state index in [2.05, 4.69) is 25.6 Å². The van der Waals surface area contributed by atoms with Gasteiger partial charge in [0.15, 0.2) is 5.69 Å². The van der Waals surface area contributed by atoms with E-state index in [9.17, 15) is 9.18 Å². The Balaban J connectivity index is 1.62. The molecule has 0 saturated carbocycles. The van der Waals surface area contributed by atoms with Crippen molar-refractivity contribution >= 4 is 5.91 Å². The van der Waals surface area contributed by atoms with Crippen LogP contribution in [0, 0.1) is 5.82 Å². The van der Waals surface area contributed by atoms with E-state index in [1.807, 2.05) is 18.2 Å². The van der Waals surface area contributed by atoms with Gasteiger partial charge in [0.1, 0.15) is 11.5 Å². The lowest BCUT2D eigenvalue weighted by Crippen LogP contribution is -2.26. The van der Waals surface area contributed by atoms with Crippen molar-refractivity contribution in [3.05, 3.63) is 90.4 Å². The first-order chi connectivity index (χ1) is 14.2. The standard InChI is InChI=1S/C21H17FN6O/c22-16-4-6-18(7-5-16)28-20(15-8-12-23-13-9-15)19(26-27-28)21(29)25-14-10-17-3-1-2-11-24-17/h1-9,11-13H,10,14H2,(H,25,29). The summed E-state index contributed by atoms with van der Waals surface area (Å²) in [5, 5.41) is 11.1. The molecule has 3 heterocycles. The highest BCUT2D eigenvalue weighted by atomic mass is 19.1. The Hall–Kier alpha value is -3.94. The first-order valence-corrected chi connectivity index (χ1v) is 9.02. The molecule has 7 nitrogen and oxygen atoms in total. The molecule has 0 radical (unpaired) electrons. The maximum Gasteiger partial charge on any atom is 0.274 e. The van der Waals surface area contributed by atoms with Crippen LogP contribution < -0.4 is 5.32 Å². The van der Waals surface area contributed by atoms with Gasteiger partial charge in [-0.1, -0.05) is 11.3 Å². The van der Waals surface area contributed by atoms with Crippen molar-refractivity contribution in [3.63, 3.8) is 0 Å². The zero-order valence-corrected chi connectivity index (χ0v) is 15.4. The quantitative estimate of drug-likeness (QED) is 0.549. The summed E-state index contributed by atoms with van der Waals surface area (Å²) in [6.07, 6.45) is 5.57. The fourth-order valence-corrected chi connectivity index (χ4v) is 2.90. The van der Waals surface area contributed by atoms with Crippen LogP contribution in [0.1, 0.15) is 16.2 Å². The van der Waals surface area contributed by atoms with Crippen LogP contribution in [-0.4, -0.2) is 37.4 Å². The molecule has 144 valence electrons. The summed E-state index contributed by atoms with van der Waals surface area (Å²) < 4.78 is 14.8. The number of hydrogen-bond acceptors (Lipinski definition) is 5. The lowest BCUT2D eigenvalue weighted by atomic mass is 10.1. The molecular formula is C21H17FN6O. The molecule has 29 heavy (non-hydrogen) atoms. The van der Waals surface area contributed by atoms with Crippen molar-refractivity contribution < 1.29 is 9.18 Å². The van der Waals surface area contributed by atoms with Crippen LogP contribution >= 0.6 is 0 Å². The van der Waals surface area contributed by atoms with Gasteiger partial charge < -0.3 is 5.32 Å². The van der Waals surface area contributed by atoms with E-state index in [0.29, 0.717) is 24.3 Å². The van der Waals surface area contributed by atoms with E-state index in [0.717, 1.165) is 11.3 Å². The van der Waals surface area contributed by atoms with E-state index >= 15 is 0 Å². The topological polar surface area (TPSA) is 85.6 Å². The molecule has 1 amide bonds. The number of nitrogens with one attached hydrogen (secondary N) is 1.